The Hall–Kier alpha value is -3.41. The van der Waals surface area contributed by atoms with Gasteiger partial charge >= 0.3 is 12.1 Å². The van der Waals surface area contributed by atoms with Crippen LogP contribution in [0.4, 0.5) is 13.2 Å². The average molecular weight is 346 g/mol. The molecule has 9 heteroatoms. The fourth-order valence-electron chi connectivity index (χ4n) is 1.89. The Kier molecular flexibility index (Phi) is 4.35. The van der Waals surface area contributed by atoms with Crippen LogP contribution in [0.3, 0.4) is 0 Å². The SMILES string of the molecule is O=c1cc(-c2noc(C(F)(F)F)n2)ccn1CC#Cc1ccccn1. The van der Waals surface area contributed by atoms with Crippen molar-refractivity contribution in [1.29, 1.82) is 0 Å². The molecule has 3 heterocycles. The lowest BCUT2D eigenvalue weighted by molar-refractivity contribution is -0.159. The van der Waals surface area contributed by atoms with E-state index in [2.05, 4.69) is 31.5 Å². The molecule has 0 N–H and O–H groups in total. The van der Waals surface area contributed by atoms with Gasteiger partial charge in [-0.2, -0.15) is 18.2 Å². The fraction of sp³-hybridized carbons (Fsp3) is 0.125. The predicted molar refractivity (Wildman–Crippen MR) is 80.1 cm³/mol. The maximum absolute atomic E-state index is 12.5. The Bertz CT molecular complexity index is 998. The number of pyridine rings is 2. The fourth-order valence-corrected chi connectivity index (χ4v) is 1.89. The third-order valence-corrected chi connectivity index (χ3v) is 3.05. The van der Waals surface area contributed by atoms with Gasteiger partial charge in [0.05, 0.1) is 6.54 Å². The van der Waals surface area contributed by atoms with Crippen LogP contribution in [0.1, 0.15) is 11.6 Å². The topological polar surface area (TPSA) is 73.8 Å². The molecule has 0 fully saturated rings. The standard InChI is InChI=1S/C16H9F3N4O2/c17-16(18,19)15-21-14(22-25-15)11-6-9-23(13(24)10-11)8-3-5-12-4-1-2-7-20-12/h1-2,4,6-7,9-10H,8H2. The van der Waals surface area contributed by atoms with Crippen LogP contribution in [0.15, 0.2) is 52.0 Å². The van der Waals surface area contributed by atoms with Gasteiger partial charge in [0, 0.05) is 24.0 Å². The van der Waals surface area contributed by atoms with E-state index in [1.54, 1.807) is 24.4 Å². The van der Waals surface area contributed by atoms with Crippen molar-refractivity contribution in [2.75, 3.05) is 0 Å². The molecular weight excluding hydrogens is 337 g/mol. The zero-order chi connectivity index (χ0) is 17.9. The number of nitrogens with zero attached hydrogens (tertiary/aromatic N) is 4. The summed E-state index contributed by atoms with van der Waals surface area (Å²) in [6, 6.07) is 7.81. The van der Waals surface area contributed by atoms with Gasteiger partial charge in [-0.25, -0.2) is 4.98 Å². The maximum atomic E-state index is 12.5. The van der Waals surface area contributed by atoms with Crippen molar-refractivity contribution in [3.05, 3.63) is 64.7 Å². The zero-order valence-electron chi connectivity index (χ0n) is 12.5. The molecule has 6 nitrogen and oxygen atoms in total. The molecule has 0 aliphatic carbocycles. The number of halogens is 3. The Morgan fingerprint density at radius 3 is 2.72 bits per heavy atom. The van der Waals surface area contributed by atoms with Crippen molar-refractivity contribution in [2.45, 2.75) is 12.7 Å². The predicted octanol–water partition coefficient (Wildman–Crippen LogP) is 2.36. The molecule has 0 saturated carbocycles. The second-order valence-corrected chi connectivity index (χ2v) is 4.82. The Labute approximate surface area is 138 Å². The molecule has 0 aromatic carbocycles. The first-order valence-electron chi connectivity index (χ1n) is 6.95. The van der Waals surface area contributed by atoms with E-state index >= 15 is 0 Å². The number of hydrogen-bond donors (Lipinski definition) is 0. The van der Waals surface area contributed by atoms with E-state index in [4.69, 9.17) is 0 Å². The largest absolute Gasteiger partial charge is 0.471 e. The second-order valence-electron chi connectivity index (χ2n) is 4.82. The van der Waals surface area contributed by atoms with E-state index in [0.717, 1.165) is 6.07 Å². The van der Waals surface area contributed by atoms with Crippen LogP contribution < -0.4 is 5.56 Å². The maximum Gasteiger partial charge on any atom is 0.471 e. The lowest BCUT2D eigenvalue weighted by atomic mass is 10.2. The number of rotatable bonds is 2. The van der Waals surface area contributed by atoms with Crippen LogP contribution in [0, 0.1) is 11.8 Å². The third-order valence-electron chi connectivity index (χ3n) is 3.05. The summed E-state index contributed by atoms with van der Waals surface area (Å²) in [5.41, 5.74) is 0.239. The lowest BCUT2D eigenvalue weighted by Crippen LogP contribution is -2.18. The summed E-state index contributed by atoms with van der Waals surface area (Å²) in [7, 11) is 0. The summed E-state index contributed by atoms with van der Waals surface area (Å²) >= 11 is 0. The second kappa shape index (κ2) is 6.60. The summed E-state index contributed by atoms with van der Waals surface area (Å²) in [6.45, 7) is 0.107. The Morgan fingerprint density at radius 1 is 1.24 bits per heavy atom. The molecule has 3 aromatic rings. The van der Waals surface area contributed by atoms with Gasteiger partial charge in [0.2, 0.25) is 5.82 Å². The molecule has 0 spiro atoms. The van der Waals surface area contributed by atoms with E-state index in [1.165, 1.54) is 16.8 Å². The van der Waals surface area contributed by atoms with Gasteiger partial charge in [-0.05, 0) is 24.1 Å². The molecule has 0 aliphatic rings. The summed E-state index contributed by atoms with van der Waals surface area (Å²) in [5, 5.41) is 3.24. The smallest absolute Gasteiger partial charge is 0.329 e. The molecule has 0 radical (unpaired) electrons. The van der Waals surface area contributed by atoms with Crippen LogP contribution in [-0.2, 0) is 12.7 Å². The summed E-state index contributed by atoms with van der Waals surface area (Å²) < 4.78 is 42.8. The summed E-state index contributed by atoms with van der Waals surface area (Å²) in [6.07, 6.45) is -1.74. The molecule has 0 atom stereocenters. The average Bonchev–Trinajstić information content (AvgIpc) is 3.08. The van der Waals surface area contributed by atoms with Crippen molar-refractivity contribution in [2.24, 2.45) is 0 Å². The molecule has 3 aromatic heterocycles. The van der Waals surface area contributed by atoms with E-state index in [-0.39, 0.29) is 17.9 Å². The monoisotopic (exact) mass is 346 g/mol. The quantitative estimate of drug-likeness (QED) is 0.666. The highest BCUT2D eigenvalue weighted by Gasteiger charge is 2.38. The third kappa shape index (κ3) is 3.92. The van der Waals surface area contributed by atoms with Crippen LogP contribution in [-0.4, -0.2) is 19.7 Å². The lowest BCUT2D eigenvalue weighted by Gasteiger charge is -2.01. The molecule has 0 aliphatic heterocycles. The molecular formula is C16H9F3N4O2. The van der Waals surface area contributed by atoms with Gasteiger partial charge in [0.25, 0.3) is 5.56 Å². The van der Waals surface area contributed by atoms with Crippen LogP contribution in [0.2, 0.25) is 0 Å². The first kappa shape index (κ1) is 16.4. The summed E-state index contributed by atoms with van der Waals surface area (Å²) in [4.78, 5) is 19.3. The van der Waals surface area contributed by atoms with E-state index in [1.807, 2.05) is 0 Å². The summed E-state index contributed by atoms with van der Waals surface area (Å²) in [5.74, 6) is 3.82. The number of alkyl halides is 3. The van der Waals surface area contributed by atoms with Crippen molar-refractivity contribution in [3.8, 4) is 23.2 Å². The van der Waals surface area contributed by atoms with E-state index in [0.29, 0.717) is 5.69 Å². The number of aromatic nitrogens is 4. The zero-order valence-corrected chi connectivity index (χ0v) is 12.5. The minimum Gasteiger partial charge on any atom is -0.329 e. The van der Waals surface area contributed by atoms with Gasteiger partial charge in [0.15, 0.2) is 0 Å². The van der Waals surface area contributed by atoms with Crippen LogP contribution >= 0.6 is 0 Å². The van der Waals surface area contributed by atoms with E-state index in [9.17, 15) is 18.0 Å². The highest BCUT2D eigenvalue weighted by atomic mass is 19.4. The Balaban J connectivity index is 1.79. The van der Waals surface area contributed by atoms with Crippen molar-refractivity contribution in [1.82, 2.24) is 19.7 Å². The molecule has 25 heavy (non-hydrogen) atoms. The van der Waals surface area contributed by atoms with Crippen molar-refractivity contribution in [3.63, 3.8) is 0 Å². The minimum absolute atomic E-state index is 0.107. The van der Waals surface area contributed by atoms with Gasteiger partial charge in [0.1, 0.15) is 5.69 Å². The molecule has 126 valence electrons. The van der Waals surface area contributed by atoms with Crippen molar-refractivity contribution < 1.29 is 17.7 Å². The van der Waals surface area contributed by atoms with Gasteiger partial charge < -0.3 is 9.09 Å². The highest BCUT2D eigenvalue weighted by molar-refractivity contribution is 5.52. The highest BCUT2D eigenvalue weighted by Crippen LogP contribution is 2.28. The van der Waals surface area contributed by atoms with Crippen molar-refractivity contribution >= 4 is 0 Å². The molecule has 0 amide bonds. The van der Waals surface area contributed by atoms with Crippen LogP contribution in [0.25, 0.3) is 11.4 Å². The first-order chi connectivity index (χ1) is 11.9. The van der Waals surface area contributed by atoms with Gasteiger partial charge in [-0.15, -0.1) is 0 Å². The molecule has 0 unspecified atom stereocenters. The Morgan fingerprint density at radius 2 is 2.08 bits per heavy atom. The number of hydrogen-bond acceptors (Lipinski definition) is 5. The minimum atomic E-state index is -4.73. The van der Waals surface area contributed by atoms with Crippen LogP contribution in [0.5, 0.6) is 0 Å². The molecule has 0 saturated heterocycles. The molecule has 0 bridgehead atoms. The van der Waals surface area contributed by atoms with Gasteiger partial charge in [-0.3, -0.25) is 4.79 Å². The van der Waals surface area contributed by atoms with E-state index < -0.39 is 17.6 Å². The normalized spacial score (nSPS) is 11.0. The first-order valence-corrected chi connectivity index (χ1v) is 6.95. The van der Waals surface area contributed by atoms with Gasteiger partial charge in [-0.1, -0.05) is 17.1 Å². The molecule has 3 rings (SSSR count).